The molecule has 0 bridgehead atoms. The Labute approximate surface area is 220 Å². The maximum Gasteiger partial charge on any atom is 0.405 e. The molecule has 2 aromatic carbocycles. The molecule has 2 fully saturated rings. The molecule has 0 unspecified atom stereocenters. The van der Waals surface area contributed by atoms with Gasteiger partial charge < -0.3 is 14.8 Å². The largest absolute Gasteiger partial charge is 0.405 e. The topological polar surface area (TPSA) is 83.4 Å². The highest BCUT2D eigenvalue weighted by atomic mass is 32.2. The molecule has 2 heterocycles. The smallest absolute Gasteiger partial charge is 0.344 e. The van der Waals surface area contributed by atoms with Crippen LogP contribution in [0.25, 0.3) is 22.2 Å². The van der Waals surface area contributed by atoms with Crippen LogP contribution >= 0.6 is 0 Å². The fraction of sp³-hybridized carbons (Fsp3) is 0.444. The van der Waals surface area contributed by atoms with Gasteiger partial charge in [0, 0.05) is 55.2 Å². The molecule has 3 aromatic rings. The third-order valence-electron chi connectivity index (χ3n) is 7.67. The average molecular weight is 549 g/mol. The van der Waals surface area contributed by atoms with E-state index in [1.165, 1.54) is 4.90 Å². The van der Waals surface area contributed by atoms with Gasteiger partial charge in [-0.05, 0) is 55.5 Å². The van der Waals surface area contributed by atoms with Crippen molar-refractivity contribution in [2.24, 2.45) is 13.0 Å². The standard InChI is InChI=1S/C27H31F3N4O3S/c1-33-23-12-11-22(15-20(23)16-24(33)18-5-3-2-4-6-18)38(36,37)32-21-9-7-19(8-10-21)26(35)34-14-13-31-25(17-34)27(28,29)30/h2-6,11-12,15-16,19,21,25,31-32H,7-10,13-14,17H2,1H3/t19-,21-,25-/m0/s1. The summed E-state index contributed by atoms with van der Waals surface area (Å²) < 4.78 is 70.5. The first-order chi connectivity index (χ1) is 18.0. The molecule has 1 saturated heterocycles. The zero-order chi connectivity index (χ0) is 27.1. The maximum atomic E-state index is 13.2. The lowest BCUT2D eigenvalue weighted by atomic mass is 9.85. The summed E-state index contributed by atoms with van der Waals surface area (Å²) in [6.45, 7) is -0.0432. The lowest BCUT2D eigenvalue weighted by Crippen LogP contribution is -2.59. The minimum absolute atomic E-state index is 0.101. The number of hydrogen-bond acceptors (Lipinski definition) is 4. The Bertz CT molecular complexity index is 1410. The van der Waals surface area contributed by atoms with E-state index in [2.05, 4.69) is 10.0 Å². The fourth-order valence-electron chi connectivity index (χ4n) is 5.55. The van der Waals surface area contributed by atoms with E-state index in [4.69, 9.17) is 0 Å². The molecule has 7 nitrogen and oxygen atoms in total. The van der Waals surface area contributed by atoms with Gasteiger partial charge in [-0.3, -0.25) is 4.79 Å². The Balaban J connectivity index is 1.22. The Hall–Kier alpha value is -2.89. The van der Waals surface area contributed by atoms with Crippen molar-refractivity contribution >= 4 is 26.8 Å². The third-order valence-corrected chi connectivity index (χ3v) is 9.19. The molecule has 1 aliphatic carbocycles. The number of hydrogen-bond donors (Lipinski definition) is 2. The summed E-state index contributed by atoms with van der Waals surface area (Å²) in [4.78, 5) is 14.4. The summed E-state index contributed by atoms with van der Waals surface area (Å²) in [6, 6.07) is 14.9. The number of rotatable bonds is 5. The van der Waals surface area contributed by atoms with E-state index in [0.29, 0.717) is 25.7 Å². The second kappa shape index (κ2) is 10.3. The lowest BCUT2D eigenvalue weighted by molar-refractivity contribution is -0.169. The maximum absolute atomic E-state index is 13.2. The van der Waals surface area contributed by atoms with Crippen LogP contribution in [-0.4, -0.2) is 61.7 Å². The first-order valence-corrected chi connectivity index (χ1v) is 14.3. The predicted octanol–water partition coefficient (Wildman–Crippen LogP) is 4.05. The molecule has 2 N–H and O–H groups in total. The van der Waals surface area contributed by atoms with Gasteiger partial charge in [-0.25, -0.2) is 13.1 Å². The monoisotopic (exact) mass is 548 g/mol. The Morgan fingerprint density at radius 1 is 1.03 bits per heavy atom. The normalized spacial score (nSPS) is 23.1. The quantitative estimate of drug-likeness (QED) is 0.504. The van der Waals surface area contributed by atoms with Gasteiger partial charge in [0.15, 0.2) is 0 Å². The van der Waals surface area contributed by atoms with Crippen LogP contribution in [0.4, 0.5) is 13.2 Å². The van der Waals surface area contributed by atoms with Crippen molar-refractivity contribution < 1.29 is 26.4 Å². The minimum Gasteiger partial charge on any atom is -0.344 e. The second-order valence-corrected chi connectivity index (χ2v) is 11.9. The van der Waals surface area contributed by atoms with Crippen LogP contribution in [0.15, 0.2) is 59.5 Å². The van der Waals surface area contributed by atoms with E-state index in [0.717, 1.165) is 22.2 Å². The van der Waals surface area contributed by atoms with Crippen molar-refractivity contribution in [2.75, 3.05) is 19.6 Å². The van der Waals surface area contributed by atoms with Gasteiger partial charge in [-0.2, -0.15) is 13.2 Å². The average Bonchev–Trinajstić information content (AvgIpc) is 3.24. The van der Waals surface area contributed by atoms with Gasteiger partial charge in [0.1, 0.15) is 6.04 Å². The Kier molecular flexibility index (Phi) is 7.27. The highest BCUT2D eigenvalue weighted by Gasteiger charge is 2.43. The number of benzene rings is 2. The number of aryl methyl sites for hydroxylation is 1. The van der Waals surface area contributed by atoms with Gasteiger partial charge in [0.05, 0.1) is 4.90 Å². The van der Waals surface area contributed by atoms with Crippen molar-refractivity contribution in [3.63, 3.8) is 0 Å². The number of carbonyl (C=O) groups excluding carboxylic acids is 1. The molecule has 1 atom stereocenters. The number of alkyl halides is 3. The minimum atomic E-state index is -4.40. The number of amides is 1. The summed E-state index contributed by atoms with van der Waals surface area (Å²) in [7, 11) is -1.84. The van der Waals surface area contributed by atoms with Crippen molar-refractivity contribution in [3.8, 4) is 11.3 Å². The van der Waals surface area contributed by atoms with E-state index in [-0.39, 0.29) is 42.4 Å². The SMILES string of the molecule is Cn1c(-c2ccccc2)cc2cc(S(=O)(=O)N[C@H]3CC[C@H](C(=O)N4CCN[C@H](C(F)(F)F)C4)CC3)ccc21. The molecular weight excluding hydrogens is 517 g/mol. The van der Waals surface area contributed by atoms with Crippen molar-refractivity contribution in [2.45, 2.75) is 48.8 Å². The number of aromatic nitrogens is 1. The van der Waals surface area contributed by atoms with Crippen LogP contribution in [0.5, 0.6) is 0 Å². The van der Waals surface area contributed by atoms with Gasteiger partial charge in [-0.1, -0.05) is 30.3 Å². The molecule has 1 aromatic heterocycles. The highest BCUT2D eigenvalue weighted by molar-refractivity contribution is 7.89. The molecular formula is C27H31F3N4O3S. The molecule has 5 rings (SSSR count). The second-order valence-electron chi connectivity index (χ2n) is 10.2. The van der Waals surface area contributed by atoms with Crippen LogP contribution in [-0.2, 0) is 21.9 Å². The highest BCUT2D eigenvalue weighted by Crippen LogP contribution is 2.31. The Morgan fingerprint density at radius 3 is 2.42 bits per heavy atom. The zero-order valence-corrected chi connectivity index (χ0v) is 21.9. The van der Waals surface area contributed by atoms with Gasteiger partial charge >= 0.3 is 6.18 Å². The third kappa shape index (κ3) is 5.45. The van der Waals surface area contributed by atoms with Crippen LogP contribution < -0.4 is 10.0 Å². The van der Waals surface area contributed by atoms with Crippen LogP contribution in [0.3, 0.4) is 0 Å². The van der Waals surface area contributed by atoms with E-state index in [9.17, 15) is 26.4 Å². The Morgan fingerprint density at radius 2 is 1.74 bits per heavy atom. The zero-order valence-electron chi connectivity index (χ0n) is 21.0. The molecule has 0 spiro atoms. The molecule has 0 radical (unpaired) electrons. The molecule has 1 aliphatic heterocycles. The first kappa shape index (κ1) is 26.7. The van der Waals surface area contributed by atoms with Gasteiger partial charge in [0.25, 0.3) is 0 Å². The summed E-state index contributed by atoms with van der Waals surface area (Å²) in [5.41, 5.74) is 2.94. The number of sulfonamides is 1. The molecule has 38 heavy (non-hydrogen) atoms. The van der Waals surface area contributed by atoms with E-state index < -0.39 is 22.2 Å². The summed E-state index contributed by atoms with van der Waals surface area (Å²) in [5, 5.41) is 3.24. The van der Waals surface area contributed by atoms with Gasteiger partial charge in [-0.15, -0.1) is 0 Å². The van der Waals surface area contributed by atoms with Crippen molar-refractivity contribution in [1.82, 2.24) is 19.5 Å². The molecule has 204 valence electrons. The van der Waals surface area contributed by atoms with E-state index >= 15 is 0 Å². The molecule has 1 amide bonds. The van der Waals surface area contributed by atoms with Crippen LogP contribution in [0, 0.1) is 5.92 Å². The summed E-state index contributed by atoms with van der Waals surface area (Å²) >= 11 is 0. The number of piperazine rings is 1. The molecule has 2 aliphatic rings. The first-order valence-electron chi connectivity index (χ1n) is 12.8. The van der Waals surface area contributed by atoms with Gasteiger partial charge in [0.2, 0.25) is 15.9 Å². The predicted molar refractivity (Wildman–Crippen MR) is 139 cm³/mol. The number of fused-ring (bicyclic) bond motifs is 1. The van der Waals surface area contributed by atoms with E-state index in [1.807, 2.05) is 48.0 Å². The van der Waals surface area contributed by atoms with Crippen molar-refractivity contribution in [1.29, 1.82) is 0 Å². The lowest BCUT2D eigenvalue weighted by Gasteiger charge is -2.38. The summed E-state index contributed by atoms with van der Waals surface area (Å²) in [6.07, 6.45) is -2.62. The number of halogens is 3. The number of carbonyl (C=O) groups is 1. The molecule has 11 heteroatoms. The number of nitrogens with one attached hydrogen (secondary N) is 2. The summed E-state index contributed by atoms with van der Waals surface area (Å²) in [5.74, 6) is -0.661. The number of nitrogens with zero attached hydrogens (tertiary/aromatic N) is 2. The van der Waals surface area contributed by atoms with Crippen LogP contribution in [0.2, 0.25) is 0 Å². The van der Waals surface area contributed by atoms with Crippen LogP contribution in [0.1, 0.15) is 25.7 Å². The van der Waals surface area contributed by atoms with E-state index in [1.54, 1.807) is 18.2 Å². The van der Waals surface area contributed by atoms with Crippen molar-refractivity contribution in [3.05, 3.63) is 54.6 Å². The molecule has 1 saturated carbocycles. The fourth-order valence-corrected chi connectivity index (χ4v) is 6.89.